The highest BCUT2D eigenvalue weighted by Gasteiger charge is 2.11. The lowest BCUT2D eigenvalue weighted by atomic mass is 9.99. The van der Waals surface area contributed by atoms with Crippen molar-refractivity contribution in [2.24, 2.45) is 0 Å². The summed E-state index contributed by atoms with van der Waals surface area (Å²) in [7, 11) is 3.24. The van der Waals surface area contributed by atoms with E-state index in [4.69, 9.17) is 9.47 Å². The second-order valence-corrected chi connectivity index (χ2v) is 4.40. The van der Waals surface area contributed by atoms with E-state index in [1.54, 1.807) is 20.3 Å². The molecule has 0 spiro atoms. The zero-order valence-corrected chi connectivity index (χ0v) is 11.4. The Labute approximate surface area is 112 Å². The third-order valence-electron chi connectivity index (χ3n) is 3.17. The molecule has 0 aromatic heterocycles. The number of rotatable bonds is 4. The van der Waals surface area contributed by atoms with Crippen molar-refractivity contribution in [3.8, 4) is 11.5 Å². The van der Waals surface area contributed by atoms with Gasteiger partial charge in [-0.1, -0.05) is 18.2 Å². The molecule has 0 aliphatic heterocycles. The molecule has 0 radical (unpaired) electrons. The van der Waals surface area contributed by atoms with Gasteiger partial charge in [-0.2, -0.15) is 0 Å². The molecule has 0 saturated heterocycles. The lowest BCUT2D eigenvalue weighted by Crippen LogP contribution is -1.98. The molecule has 0 amide bonds. The molecule has 0 fully saturated rings. The fourth-order valence-corrected chi connectivity index (χ4v) is 2.16. The maximum absolute atomic E-state index is 13.1. The maximum atomic E-state index is 13.1. The van der Waals surface area contributed by atoms with Crippen LogP contribution in [0.2, 0.25) is 0 Å². The molecule has 0 saturated carbocycles. The highest BCUT2D eigenvalue weighted by molar-refractivity contribution is 5.49. The van der Waals surface area contributed by atoms with Crippen molar-refractivity contribution in [3.05, 3.63) is 58.9 Å². The van der Waals surface area contributed by atoms with E-state index < -0.39 is 0 Å². The van der Waals surface area contributed by atoms with Gasteiger partial charge >= 0.3 is 0 Å². The van der Waals surface area contributed by atoms with Crippen LogP contribution in [0.25, 0.3) is 0 Å². The number of para-hydroxylation sites is 1. The zero-order valence-electron chi connectivity index (χ0n) is 11.4. The minimum absolute atomic E-state index is 0.209. The van der Waals surface area contributed by atoms with Crippen molar-refractivity contribution in [1.82, 2.24) is 0 Å². The summed E-state index contributed by atoms with van der Waals surface area (Å²) in [5, 5.41) is 0. The number of ether oxygens (including phenoxy) is 2. The van der Waals surface area contributed by atoms with Gasteiger partial charge in [0, 0.05) is 12.0 Å². The molecule has 0 aliphatic carbocycles. The fourth-order valence-electron chi connectivity index (χ4n) is 2.16. The molecule has 0 heterocycles. The lowest BCUT2D eigenvalue weighted by molar-refractivity contribution is 0.352. The molecule has 2 nitrogen and oxygen atoms in total. The van der Waals surface area contributed by atoms with Gasteiger partial charge in [0.05, 0.1) is 14.2 Å². The summed E-state index contributed by atoms with van der Waals surface area (Å²) in [6.07, 6.45) is 0.687. The standard InChI is InChI=1S/C16H17FO2/c1-11-9-14(17)8-7-12(11)10-13-5-4-6-15(18-2)16(13)19-3/h4-9H,10H2,1-3H3. The van der Waals surface area contributed by atoms with Crippen LogP contribution in [0.5, 0.6) is 11.5 Å². The third-order valence-corrected chi connectivity index (χ3v) is 3.17. The highest BCUT2D eigenvalue weighted by atomic mass is 19.1. The van der Waals surface area contributed by atoms with Gasteiger partial charge in [0.15, 0.2) is 11.5 Å². The molecular weight excluding hydrogens is 243 g/mol. The molecule has 0 aliphatic rings. The zero-order chi connectivity index (χ0) is 13.8. The molecular formula is C16H17FO2. The summed E-state index contributed by atoms with van der Waals surface area (Å²) in [5.74, 6) is 1.23. The second-order valence-electron chi connectivity index (χ2n) is 4.40. The van der Waals surface area contributed by atoms with E-state index in [0.717, 1.165) is 22.4 Å². The Morgan fingerprint density at radius 3 is 2.42 bits per heavy atom. The monoisotopic (exact) mass is 260 g/mol. The maximum Gasteiger partial charge on any atom is 0.164 e. The van der Waals surface area contributed by atoms with Crippen molar-refractivity contribution in [1.29, 1.82) is 0 Å². The van der Waals surface area contributed by atoms with E-state index in [1.165, 1.54) is 6.07 Å². The van der Waals surface area contributed by atoms with Crippen LogP contribution in [0.3, 0.4) is 0 Å². The van der Waals surface area contributed by atoms with Crippen LogP contribution in [0.4, 0.5) is 4.39 Å². The number of hydrogen-bond acceptors (Lipinski definition) is 2. The number of hydrogen-bond donors (Lipinski definition) is 0. The molecule has 100 valence electrons. The normalized spacial score (nSPS) is 10.3. The Balaban J connectivity index is 2.37. The Kier molecular flexibility index (Phi) is 4.05. The number of halogens is 1. The summed E-state index contributed by atoms with van der Waals surface area (Å²) in [6.45, 7) is 1.91. The first-order chi connectivity index (χ1) is 9.15. The second kappa shape index (κ2) is 5.74. The molecule has 0 bridgehead atoms. The summed E-state index contributed by atoms with van der Waals surface area (Å²) < 4.78 is 23.8. The van der Waals surface area contributed by atoms with Crippen molar-refractivity contribution in [3.63, 3.8) is 0 Å². The van der Waals surface area contributed by atoms with Gasteiger partial charge in [0.1, 0.15) is 5.82 Å². The Hall–Kier alpha value is -2.03. The van der Waals surface area contributed by atoms with Crippen molar-refractivity contribution in [2.75, 3.05) is 14.2 Å². The number of benzene rings is 2. The predicted molar refractivity (Wildman–Crippen MR) is 73.5 cm³/mol. The first-order valence-electron chi connectivity index (χ1n) is 6.10. The SMILES string of the molecule is COc1cccc(Cc2ccc(F)cc2C)c1OC. The molecule has 0 atom stereocenters. The quantitative estimate of drug-likeness (QED) is 0.833. The smallest absolute Gasteiger partial charge is 0.164 e. The van der Waals surface area contributed by atoms with Crippen LogP contribution >= 0.6 is 0 Å². The molecule has 19 heavy (non-hydrogen) atoms. The van der Waals surface area contributed by atoms with Crippen molar-refractivity contribution < 1.29 is 13.9 Å². The Morgan fingerprint density at radius 1 is 1.00 bits per heavy atom. The summed E-state index contributed by atoms with van der Waals surface area (Å²) in [6, 6.07) is 10.6. The van der Waals surface area contributed by atoms with Gasteiger partial charge in [-0.25, -0.2) is 4.39 Å². The van der Waals surface area contributed by atoms with Crippen LogP contribution in [0.1, 0.15) is 16.7 Å². The largest absolute Gasteiger partial charge is 0.493 e. The average Bonchev–Trinajstić information content (AvgIpc) is 2.41. The van der Waals surface area contributed by atoms with Crippen LogP contribution in [-0.4, -0.2) is 14.2 Å². The molecule has 2 aromatic carbocycles. The van der Waals surface area contributed by atoms with E-state index >= 15 is 0 Å². The van der Waals surface area contributed by atoms with Gasteiger partial charge in [-0.15, -0.1) is 0 Å². The van der Waals surface area contributed by atoms with E-state index in [-0.39, 0.29) is 5.82 Å². The Bertz CT molecular complexity index is 579. The van der Waals surface area contributed by atoms with Crippen LogP contribution in [0, 0.1) is 12.7 Å². The highest BCUT2D eigenvalue weighted by Crippen LogP contribution is 2.32. The predicted octanol–water partition coefficient (Wildman–Crippen LogP) is 3.74. The molecule has 0 unspecified atom stereocenters. The first kappa shape index (κ1) is 13.4. The van der Waals surface area contributed by atoms with Gasteiger partial charge in [0.2, 0.25) is 0 Å². The lowest BCUT2D eigenvalue weighted by Gasteiger charge is -2.13. The number of aryl methyl sites for hydroxylation is 1. The molecule has 0 N–H and O–H groups in total. The van der Waals surface area contributed by atoms with Crippen LogP contribution in [0.15, 0.2) is 36.4 Å². The topological polar surface area (TPSA) is 18.5 Å². The van der Waals surface area contributed by atoms with Crippen LogP contribution in [-0.2, 0) is 6.42 Å². The average molecular weight is 260 g/mol. The number of methoxy groups -OCH3 is 2. The Morgan fingerprint density at radius 2 is 1.79 bits per heavy atom. The molecule has 3 heteroatoms. The summed E-state index contributed by atoms with van der Waals surface area (Å²) in [5.41, 5.74) is 3.04. The van der Waals surface area contributed by atoms with E-state index in [2.05, 4.69) is 0 Å². The minimum Gasteiger partial charge on any atom is -0.493 e. The van der Waals surface area contributed by atoms with E-state index in [9.17, 15) is 4.39 Å². The fraction of sp³-hybridized carbons (Fsp3) is 0.250. The van der Waals surface area contributed by atoms with Gasteiger partial charge in [-0.05, 0) is 36.2 Å². The minimum atomic E-state index is -0.209. The van der Waals surface area contributed by atoms with Crippen molar-refractivity contribution >= 4 is 0 Å². The molecule has 2 aromatic rings. The van der Waals surface area contributed by atoms with E-state index in [0.29, 0.717) is 12.2 Å². The summed E-state index contributed by atoms with van der Waals surface area (Å²) in [4.78, 5) is 0. The first-order valence-corrected chi connectivity index (χ1v) is 6.10. The van der Waals surface area contributed by atoms with Crippen LogP contribution < -0.4 is 9.47 Å². The van der Waals surface area contributed by atoms with Gasteiger partial charge < -0.3 is 9.47 Å². The van der Waals surface area contributed by atoms with Gasteiger partial charge in [0.25, 0.3) is 0 Å². The summed E-state index contributed by atoms with van der Waals surface area (Å²) >= 11 is 0. The van der Waals surface area contributed by atoms with Crippen molar-refractivity contribution in [2.45, 2.75) is 13.3 Å². The van der Waals surface area contributed by atoms with E-state index in [1.807, 2.05) is 31.2 Å². The van der Waals surface area contributed by atoms with Gasteiger partial charge in [-0.3, -0.25) is 0 Å². The third kappa shape index (κ3) is 2.87. The molecule has 2 rings (SSSR count).